The highest BCUT2D eigenvalue weighted by atomic mass is 32.1. The number of anilines is 1. The van der Waals surface area contributed by atoms with Gasteiger partial charge in [-0.05, 0) is 37.7 Å². The van der Waals surface area contributed by atoms with Crippen LogP contribution in [-0.4, -0.2) is 41.0 Å². The summed E-state index contributed by atoms with van der Waals surface area (Å²) in [6, 6.07) is 8.01. The van der Waals surface area contributed by atoms with Gasteiger partial charge in [0.25, 0.3) is 5.91 Å². The largest absolute Gasteiger partial charge is 0.346 e. The zero-order chi connectivity index (χ0) is 17.1. The fraction of sp³-hybridized carbons (Fsp3) is 0.294. The van der Waals surface area contributed by atoms with Gasteiger partial charge in [0.15, 0.2) is 0 Å². The van der Waals surface area contributed by atoms with E-state index in [2.05, 4.69) is 46.1 Å². The molecule has 0 atom stereocenters. The molecule has 1 amide bonds. The van der Waals surface area contributed by atoms with E-state index in [0.29, 0.717) is 12.2 Å². The Labute approximate surface area is 144 Å². The Bertz CT molecular complexity index is 852. The number of amides is 1. The number of benzene rings is 1. The summed E-state index contributed by atoms with van der Waals surface area (Å²) in [6.07, 6.45) is 2.08. The molecule has 3 N–H and O–H groups in total. The minimum Gasteiger partial charge on any atom is -0.346 e. The number of thiazole rings is 1. The van der Waals surface area contributed by atoms with Gasteiger partial charge in [0.2, 0.25) is 0 Å². The maximum absolute atomic E-state index is 12.3. The van der Waals surface area contributed by atoms with Crippen molar-refractivity contribution in [3.05, 3.63) is 46.5 Å². The Hall–Kier alpha value is -2.22. The molecule has 0 fully saturated rings. The lowest BCUT2D eigenvalue weighted by atomic mass is 10.2. The van der Waals surface area contributed by atoms with Crippen LogP contribution in [0.4, 0.5) is 5.69 Å². The Morgan fingerprint density at radius 3 is 2.92 bits per heavy atom. The topological polar surface area (TPSA) is 76.2 Å². The SMILES string of the molecule is CN(C)CCn1ccc2ccc(NC(=O)c3csc(CN)n3)cc21. The van der Waals surface area contributed by atoms with Gasteiger partial charge in [0, 0.05) is 36.9 Å². The molecular weight excluding hydrogens is 322 g/mol. The lowest BCUT2D eigenvalue weighted by molar-refractivity contribution is 0.102. The van der Waals surface area contributed by atoms with Crippen LogP contribution in [0.1, 0.15) is 15.5 Å². The molecule has 126 valence electrons. The zero-order valence-corrected chi connectivity index (χ0v) is 14.6. The normalized spacial score (nSPS) is 11.3. The third-order valence-corrected chi connectivity index (χ3v) is 4.65. The second-order valence-electron chi connectivity index (χ2n) is 5.87. The van der Waals surface area contributed by atoms with E-state index in [9.17, 15) is 4.79 Å². The van der Waals surface area contributed by atoms with E-state index < -0.39 is 0 Å². The monoisotopic (exact) mass is 343 g/mol. The minimum absolute atomic E-state index is 0.211. The Kier molecular flexibility index (Phi) is 4.94. The van der Waals surface area contributed by atoms with E-state index in [-0.39, 0.29) is 5.91 Å². The highest BCUT2D eigenvalue weighted by molar-refractivity contribution is 7.09. The molecule has 0 saturated heterocycles. The number of rotatable bonds is 6. The first kappa shape index (κ1) is 16.6. The second-order valence-corrected chi connectivity index (χ2v) is 6.81. The Morgan fingerprint density at radius 1 is 1.38 bits per heavy atom. The van der Waals surface area contributed by atoms with Gasteiger partial charge in [0.05, 0.1) is 5.52 Å². The number of aromatic nitrogens is 2. The molecule has 0 saturated carbocycles. The summed E-state index contributed by atoms with van der Waals surface area (Å²) in [6.45, 7) is 2.21. The van der Waals surface area contributed by atoms with E-state index in [1.807, 2.05) is 18.2 Å². The first-order valence-electron chi connectivity index (χ1n) is 7.76. The van der Waals surface area contributed by atoms with Crippen LogP contribution in [0.15, 0.2) is 35.8 Å². The lowest BCUT2D eigenvalue weighted by Crippen LogP contribution is -2.18. The van der Waals surface area contributed by atoms with Gasteiger partial charge < -0.3 is 20.5 Å². The molecule has 0 bridgehead atoms. The molecular formula is C17H21N5OS. The highest BCUT2D eigenvalue weighted by Gasteiger charge is 2.11. The van der Waals surface area contributed by atoms with Gasteiger partial charge in [-0.3, -0.25) is 4.79 Å². The van der Waals surface area contributed by atoms with Crippen molar-refractivity contribution in [2.45, 2.75) is 13.1 Å². The first-order valence-corrected chi connectivity index (χ1v) is 8.64. The number of likely N-dealkylation sites (N-methyl/N-ethyl adjacent to an activating group) is 1. The van der Waals surface area contributed by atoms with Gasteiger partial charge in [-0.1, -0.05) is 6.07 Å². The van der Waals surface area contributed by atoms with Crippen molar-refractivity contribution < 1.29 is 4.79 Å². The van der Waals surface area contributed by atoms with Crippen molar-refractivity contribution >= 4 is 33.8 Å². The van der Waals surface area contributed by atoms with Crippen LogP contribution in [0.3, 0.4) is 0 Å². The van der Waals surface area contributed by atoms with Crippen molar-refractivity contribution in [2.75, 3.05) is 26.0 Å². The van der Waals surface area contributed by atoms with Gasteiger partial charge in [-0.2, -0.15) is 0 Å². The number of hydrogen-bond acceptors (Lipinski definition) is 5. The lowest BCUT2D eigenvalue weighted by Gasteiger charge is -2.12. The molecule has 0 aliphatic carbocycles. The van der Waals surface area contributed by atoms with Crippen molar-refractivity contribution in [1.82, 2.24) is 14.5 Å². The number of carbonyl (C=O) groups is 1. The fourth-order valence-electron chi connectivity index (χ4n) is 2.47. The van der Waals surface area contributed by atoms with Crippen LogP contribution in [0.2, 0.25) is 0 Å². The summed E-state index contributed by atoms with van der Waals surface area (Å²) in [5, 5.41) is 6.56. The molecule has 1 aromatic carbocycles. The molecule has 0 aliphatic heterocycles. The summed E-state index contributed by atoms with van der Waals surface area (Å²) in [5.41, 5.74) is 7.82. The third kappa shape index (κ3) is 3.64. The zero-order valence-electron chi connectivity index (χ0n) is 13.8. The van der Waals surface area contributed by atoms with Crippen LogP contribution < -0.4 is 11.1 Å². The maximum Gasteiger partial charge on any atom is 0.275 e. The van der Waals surface area contributed by atoms with Gasteiger partial charge in [-0.25, -0.2) is 4.98 Å². The van der Waals surface area contributed by atoms with E-state index in [1.54, 1.807) is 5.38 Å². The van der Waals surface area contributed by atoms with Crippen LogP contribution in [0.5, 0.6) is 0 Å². The maximum atomic E-state index is 12.3. The summed E-state index contributed by atoms with van der Waals surface area (Å²) in [7, 11) is 4.11. The quantitative estimate of drug-likeness (QED) is 0.720. The van der Waals surface area contributed by atoms with E-state index >= 15 is 0 Å². The van der Waals surface area contributed by atoms with Crippen LogP contribution >= 0.6 is 11.3 Å². The van der Waals surface area contributed by atoms with Crippen molar-refractivity contribution in [3.8, 4) is 0 Å². The van der Waals surface area contributed by atoms with Gasteiger partial charge in [-0.15, -0.1) is 11.3 Å². The van der Waals surface area contributed by atoms with Crippen LogP contribution in [-0.2, 0) is 13.1 Å². The van der Waals surface area contributed by atoms with Crippen LogP contribution in [0, 0.1) is 0 Å². The molecule has 3 rings (SSSR count). The molecule has 3 aromatic rings. The van der Waals surface area contributed by atoms with Crippen molar-refractivity contribution in [3.63, 3.8) is 0 Å². The Balaban J connectivity index is 1.79. The molecule has 0 unspecified atom stereocenters. The molecule has 6 nitrogen and oxygen atoms in total. The third-order valence-electron chi connectivity index (χ3n) is 3.78. The van der Waals surface area contributed by atoms with Gasteiger partial charge in [0.1, 0.15) is 10.7 Å². The molecule has 0 spiro atoms. The second kappa shape index (κ2) is 7.12. The molecule has 7 heteroatoms. The average Bonchev–Trinajstić information content (AvgIpc) is 3.19. The Morgan fingerprint density at radius 2 is 2.21 bits per heavy atom. The van der Waals surface area contributed by atoms with Gasteiger partial charge >= 0.3 is 0 Å². The van der Waals surface area contributed by atoms with Crippen molar-refractivity contribution in [2.24, 2.45) is 5.73 Å². The summed E-state index contributed by atoms with van der Waals surface area (Å²) < 4.78 is 2.19. The number of nitrogens with two attached hydrogens (primary N) is 1. The number of carbonyl (C=O) groups excluding carboxylic acids is 1. The summed E-state index contributed by atoms with van der Waals surface area (Å²) >= 11 is 1.40. The van der Waals surface area contributed by atoms with E-state index in [1.165, 1.54) is 11.3 Å². The molecule has 24 heavy (non-hydrogen) atoms. The number of hydrogen-bond donors (Lipinski definition) is 2. The van der Waals surface area contributed by atoms with Crippen molar-refractivity contribution in [1.29, 1.82) is 0 Å². The predicted octanol–water partition coefficient (Wildman–Crippen LogP) is 2.37. The summed E-state index contributed by atoms with van der Waals surface area (Å²) in [4.78, 5) is 18.7. The molecule has 0 aliphatic rings. The highest BCUT2D eigenvalue weighted by Crippen LogP contribution is 2.21. The first-order chi connectivity index (χ1) is 11.6. The average molecular weight is 343 g/mol. The minimum atomic E-state index is -0.211. The standard InChI is InChI=1S/C17H21N5OS/c1-21(2)7-8-22-6-5-12-3-4-13(9-15(12)22)19-17(23)14-11-24-16(10-18)20-14/h3-6,9,11H,7-8,10,18H2,1-2H3,(H,19,23). The number of fused-ring (bicyclic) bond motifs is 1. The number of nitrogens with zero attached hydrogens (tertiary/aromatic N) is 3. The summed E-state index contributed by atoms with van der Waals surface area (Å²) in [5.74, 6) is -0.211. The van der Waals surface area contributed by atoms with E-state index in [0.717, 1.165) is 34.7 Å². The molecule has 0 radical (unpaired) electrons. The predicted molar refractivity (Wildman–Crippen MR) is 98.5 cm³/mol. The smallest absolute Gasteiger partial charge is 0.275 e. The van der Waals surface area contributed by atoms with E-state index in [4.69, 9.17) is 5.73 Å². The number of nitrogens with one attached hydrogen (secondary N) is 1. The van der Waals surface area contributed by atoms with Crippen LogP contribution in [0.25, 0.3) is 10.9 Å². The fourth-order valence-corrected chi connectivity index (χ4v) is 3.12. The molecule has 2 aromatic heterocycles. The molecule has 2 heterocycles.